The van der Waals surface area contributed by atoms with Crippen molar-refractivity contribution in [3.8, 4) is 5.75 Å². The van der Waals surface area contributed by atoms with Crippen molar-refractivity contribution < 1.29 is 19.1 Å². The first-order valence-electron chi connectivity index (χ1n) is 9.77. The molecule has 7 nitrogen and oxygen atoms in total. The number of hydrogen-bond donors (Lipinski definition) is 3. The van der Waals surface area contributed by atoms with E-state index in [1.54, 1.807) is 31.2 Å². The Morgan fingerprint density at radius 2 is 1.62 bits per heavy atom. The van der Waals surface area contributed by atoms with Crippen LogP contribution in [0, 0.1) is 6.92 Å². The van der Waals surface area contributed by atoms with Crippen molar-refractivity contribution in [2.24, 2.45) is 0 Å². The zero-order chi connectivity index (χ0) is 21.1. The van der Waals surface area contributed by atoms with Gasteiger partial charge in [0.25, 0.3) is 0 Å². The number of carbonyl (C=O) groups is 2. The van der Waals surface area contributed by atoms with Gasteiger partial charge in [-0.3, -0.25) is 9.59 Å². The standard InChI is InChI=1S/C22H29N3O4/c1-4-21(26)25-20-8-6-7-19(16(20)3)23-15-22(27)24-17-9-11-18(12-10-17)29-14-13-28-5-2/h6-12,23H,4-5,13-15H2,1-3H3,(H,24,27)(H,25,26). The van der Waals surface area contributed by atoms with Gasteiger partial charge < -0.3 is 25.4 Å². The lowest BCUT2D eigenvalue weighted by molar-refractivity contribution is -0.116. The van der Waals surface area contributed by atoms with Gasteiger partial charge in [0.05, 0.1) is 13.2 Å². The molecule has 7 heteroatoms. The summed E-state index contributed by atoms with van der Waals surface area (Å²) in [4.78, 5) is 23.9. The summed E-state index contributed by atoms with van der Waals surface area (Å²) in [6.45, 7) is 7.45. The summed E-state index contributed by atoms with van der Waals surface area (Å²) in [7, 11) is 0. The Kier molecular flexibility index (Phi) is 8.98. The smallest absolute Gasteiger partial charge is 0.243 e. The van der Waals surface area contributed by atoms with Crippen LogP contribution in [0.1, 0.15) is 25.8 Å². The second-order valence-electron chi connectivity index (χ2n) is 6.35. The lowest BCUT2D eigenvalue weighted by Gasteiger charge is -2.14. The number of anilines is 3. The first-order valence-corrected chi connectivity index (χ1v) is 9.77. The number of nitrogens with one attached hydrogen (secondary N) is 3. The Balaban J connectivity index is 1.84. The minimum Gasteiger partial charge on any atom is -0.491 e. The third-order valence-electron chi connectivity index (χ3n) is 4.21. The van der Waals surface area contributed by atoms with E-state index in [-0.39, 0.29) is 18.4 Å². The molecular formula is C22H29N3O4. The van der Waals surface area contributed by atoms with Crippen LogP contribution >= 0.6 is 0 Å². The van der Waals surface area contributed by atoms with E-state index in [1.807, 2.05) is 32.0 Å². The molecule has 2 rings (SSSR count). The SMILES string of the molecule is CCOCCOc1ccc(NC(=O)CNc2cccc(NC(=O)CC)c2C)cc1. The van der Waals surface area contributed by atoms with E-state index in [0.29, 0.717) is 31.9 Å². The Morgan fingerprint density at radius 1 is 0.897 bits per heavy atom. The first-order chi connectivity index (χ1) is 14.0. The molecule has 0 bridgehead atoms. The lowest BCUT2D eigenvalue weighted by Crippen LogP contribution is -2.22. The fraction of sp³-hybridized carbons (Fsp3) is 0.364. The Hall–Kier alpha value is -3.06. The Labute approximate surface area is 171 Å². The van der Waals surface area contributed by atoms with Gasteiger partial charge in [-0.2, -0.15) is 0 Å². The second kappa shape index (κ2) is 11.7. The summed E-state index contributed by atoms with van der Waals surface area (Å²) in [6, 6.07) is 12.7. The van der Waals surface area contributed by atoms with Crippen LogP contribution in [-0.2, 0) is 14.3 Å². The highest BCUT2D eigenvalue weighted by atomic mass is 16.5. The van der Waals surface area contributed by atoms with E-state index < -0.39 is 0 Å². The summed E-state index contributed by atoms with van der Waals surface area (Å²) in [5.74, 6) is 0.508. The summed E-state index contributed by atoms with van der Waals surface area (Å²) in [5.41, 5.74) is 3.11. The van der Waals surface area contributed by atoms with Gasteiger partial charge in [-0.15, -0.1) is 0 Å². The molecule has 0 heterocycles. The Bertz CT molecular complexity index is 806. The molecule has 156 valence electrons. The van der Waals surface area contributed by atoms with Crippen LogP contribution in [0.25, 0.3) is 0 Å². The van der Waals surface area contributed by atoms with Gasteiger partial charge in [0.15, 0.2) is 0 Å². The van der Waals surface area contributed by atoms with Crippen LogP contribution in [0.3, 0.4) is 0 Å². The number of amides is 2. The van der Waals surface area contributed by atoms with Crippen molar-refractivity contribution in [2.75, 3.05) is 42.3 Å². The van der Waals surface area contributed by atoms with Crippen LogP contribution in [0.5, 0.6) is 5.75 Å². The van der Waals surface area contributed by atoms with Gasteiger partial charge in [-0.05, 0) is 55.8 Å². The summed E-state index contributed by atoms with van der Waals surface area (Å²) in [5, 5.41) is 8.81. The summed E-state index contributed by atoms with van der Waals surface area (Å²) >= 11 is 0. The highest BCUT2D eigenvalue weighted by molar-refractivity contribution is 5.95. The maximum atomic E-state index is 12.2. The van der Waals surface area contributed by atoms with E-state index in [4.69, 9.17) is 9.47 Å². The average molecular weight is 399 g/mol. The van der Waals surface area contributed by atoms with Crippen LogP contribution in [0.2, 0.25) is 0 Å². The fourth-order valence-corrected chi connectivity index (χ4v) is 2.58. The minimum atomic E-state index is -0.169. The van der Waals surface area contributed by atoms with E-state index in [2.05, 4.69) is 16.0 Å². The molecule has 0 fully saturated rings. The van der Waals surface area contributed by atoms with Gasteiger partial charge in [-0.25, -0.2) is 0 Å². The molecule has 0 radical (unpaired) electrons. The predicted molar refractivity (Wildman–Crippen MR) is 116 cm³/mol. The van der Waals surface area contributed by atoms with Crippen molar-refractivity contribution in [3.63, 3.8) is 0 Å². The van der Waals surface area contributed by atoms with Gasteiger partial charge in [0.1, 0.15) is 12.4 Å². The molecule has 2 amide bonds. The lowest BCUT2D eigenvalue weighted by atomic mass is 10.1. The van der Waals surface area contributed by atoms with Crippen molar-refractivity contribution in [1.29, 1.82) is 0 Å². The summed E-state index contributed by atoms with van der Waals surface area (Å²) < 4.78 is 10.8. The third kappa shape index (κ3) is 7.46. The van der Waals surface area contributed by atoms with Crippen LogP contribution in [0.15, 0.2) is 42.5 Å². The molecule has 0 aromatic heterocycles. The molecule has 2 aromatic rings. The monoisotopic (exact) mass is 399 g/mol. The van der Waals surface area contributed by atoms with Crippen molar-refractivity contribution in [2.45, 2.75) is 27.2 Å². The first kappa shape index (κ1) is 22.2. The third-order valence-corrected chi connectivity index (χ3v) is 4.21. The van der Waals surface area contributed by atoms with Crippen LogP contribution in [0.4, 0.5) is 17.1 Å². The second-order valence-corrected chi connectivity index (χ2v) is 6.35. The van der Waals surface area contributed by atoms with Gasteiger partial charge in [0, 0.05) is 30.1 Å². The number of ether oxygens (including phenoxy) is 2. The van der Waals surface area contributed by atoms with E-state index in [9.17, 15) is 9.59 Å². The van der Waals surface area contributed by atoms with Gasteiger partial charge in [-0.1, -0.05) is 13.0 Å². The van der Waals surface area contributed by atoms with Crippen LogP contribution in [-0.4, -0.2) is 38.2 Å². The van der Waals surface area contributed by atoms with Crippen LogP contribution < -0.4 is 20.7 Å². The zero-order valence-corrected chi connectivity index (χ0v) is 17.2. The van der Waals surface area contributed by atoms with E-state index in [0.717, 1.165) is 22.7 Å². The highest BCUT2D eigenvalue weighted by Crippen LogP contribution is 2.23. The number of carbonyl (C=O) groups excluding carboxylic acids is 2. The molecule has 0 saturated carbocycles. The molecule has 0 spiro atoms. The topological polar surface area (TPSA) is 88.7 Å². The van der Waals surface area contributed by atoms with Gasteiger partial charge >= 0.3 is 0 Å². The Morgan fingerprint density at radius 3 is 2.31 bits per heavy atom. The predicted octanol–water partition coefficient (Wildman–Crippen LogP) is 3.81. The molecule has 3 N–H and O–H groups in total. The summed E-state index contributed by atoms with van der Waals surface area (Å²) in [6.07, 6.45) is 0.413. The maximum Gasteiger partial charge on any atom is 0.243 e. The maximum absolute atomic E-state index is 12.2. The van der Waals surface area contributed by atoms with Crippen molar-refractivity contribution in [1.82, 2.24) is 0 Å². The molecule has 0 atom stereocenters. The number of hydrogen-bond acceptors (Lipinski definition) is 5. The largest absolute Gasteiger partial charge is 0.491 e. The normalized spacial score (nSPS) is 10.3. The molecule has 0 aliphatic heterocycles. The number of benzene rings is 2. The average Bonchev–Trinajstić information content (AvgIpc) is 2.73. The van der Waals surface area contributed by atoms with Crippen molar-refractivity contribution in [3.05, 3.63) is 48.0 Å². The fourth-order valence-electron chi connectivity index (χ4n) is 2.58. The zero-order valence-electron chi connectivity index (χ0n) is 17.2. The van der Waals surface area contributed by atoms with Gasteiger partial charge in [0.2, 0.25) is 11.8 Å². The minimum absolute atomic E-state index is 0.0479. The van der Waals surface area contributed by atoms with E-state index >= 15 is 0 Å². The van der Waals surface area contributed by atoms with E-state index in [1.165, 1.54) is 0 Å². The quantitative estimate of drug-likeness (QED) is 0.500. The molecule has 29 heavy (non-hydrogen) atoms. The molecule has 0 saturated heterocycles. The molecule has 0 aliphatic rings. The highest BCUT2D eigenvalue weighted by Gasteiger charge is 2.08. The molecular weight excluding hydrogens is 370 g/mol. The molecule has 0 aliphatic carbocycles. The van der Waals surface area contributed by atoms with Crippen molar-refractivity contribution >= 4 is 28.9 Å². The molecule has 2 aromatic carbocycles. The number of rotatable bonds is 11. The molecule has 0 unspecified atom stereocenters.